The highest BCUT2D eigenvalue weighted by molar-refractivity contribution is 5.66. The van der Waals surface area contributed by atoms with Crippen LogP contribution in [0.25, 0.3) is 17.2 Å². The summed E-state index contributed by atoms with van der Waals surface area (Å²) >= 11 is 0. The molecule has 2 aromatic rings. The van der Waals surface area contributed by atoms with Gasteiger partial charge in [-0.05, 0) is 42.4 Å². The maximum atomic E-state index is 2.38. The zero-order valence-electron chi connectivity index (χ0n) is 11.3. The van der Waals surface area contributed by atoms with E-state index in [1.54, 1.807) is 5.57 Å². The van der Waals surface area contributed by atoms with Crippen LogP contribution in [0.4, 0.5) is 0 Å². The molecular weight excluding hydrogens is 228 g/mol. The minimum absolute atomic E-state index is 1.29. The lowest BCUT2D eigenvalue weighted by Crippen LogP contribution is -1.93. The van der Waals surface area contributed by atoms with Crippen molar-refractivity contribution < 1.29 is 0 Å². The molecule has 1 aliphatic carbocycles. The second kappa shape index (κ2) is 5.88. The van der Waals surface area contributed by atoms with Gasteiger partial charge in [-0.3, -0.25) is 0 Å². The van der Waals surface area contributed by atoms with Crippen molar-refractivity contribution in [2.45, 2.75) is 32.1 Å². The van der Waals surface area contributed by atoms with E-state index in [0.29, 0.717) is 0 Å². The summed E-state index contributed by atoms with van der Waals surface area (Å²) < 4.78 is 0. The van der Waals surface area contributed by atoms with Gasteiger partial charge in [0.25, 0.3) is 0 Å². The molecule has 1 fully saturated rings. The molecule has 2 aromatic carbocycles. The van der Waals surface area contributed by atoms with Crippen molar-refractivity contribution in [3.05, 3.63) is 65.7 Å². The lowest BCUT2D eigenvalue weighted by Gasteiger charge is -2.13. The number of allylic oxidation sites excluding steroid dienone is 1. The van der Waals surface area contributed by atoms with E-state index in [1.165, 1.54) is 48.8 Å². The van der Waals surface area contributed by atoms with Crippen LogP contribution in [0.15, 0.2) is 60.2 Å². The Labute approximate surface area is 115 Å². The summed E-state index contributed by atoms with van der Waals surface area (Å²) in [5, 5.41) is 0. The third kappa shape index (κ3) is 3.14. The first-order valence-corrected chi connectivity index (χ1v) is 7.27. The Morgan fingerprint density at radius 1 is 0.632 bits per heavy atom. The van der Waals surface area contributed by atoms with Crippen LogP contribution >= 0.6 is 0 Å². The van der Waals surface area contributed by atoms with E-state index < -0.39 is 0 Å². The molecule has 0 saturated heterocycles. The van der Waals surface area contributed by atoms with Gasteiger partial charge < -0.3 is 0 Å². The molecular formula is C19H20. The first-order valence-electron chi connectivity index (χ1n) is 7.27. The minimum Gasteiger partial charge on any atom is -0.0696 e. The van der Waals surface area contributed by atoms with Crippen molar-refractivity contribution in [3.63, 3.8) is 0 Å². The Morgan fingerprint density at radius 3 is 1.95 bits per heavy atom. The van der Waals surface area contributed by atoms with Gasteiger partial charge in [0.15, 0.2) is 0 Å². The van der Waals surface area contributed by atoms with Gasteiger partial charge >= 0.3 is 0 Å². The quantitative estimate of drug-likeness (QED) is 0.639. The Balaban J connectivity index is 1.79. The molecule has 0 unspecified atom stereocenters. The third-order valence-corrected chi connectivity index (χ3v) is 3.88. The number of hydrogen-bond acceptors (Lipinski definition) is 0. The molecule has 96 valence electrons. The van der Waals surface area contributed by atoms with Crippen LogP contribution in [-0.2, 0) is 0 Å². The topological polar surface area (TPSA) is 0 Å². The van der Waals surface area contributed by atoms with E-state index in [9.17, 15) is 0 Å². The van der Waals surface area contributed by atoms with Crippen molar-refractivity contribution in [2.75, 3.05) is 0 Å². The second-order valence-corrected chi connectivity index (χ2v) is 5.35. The molecule has 0 N–H and O–H groups in total. The molecule has 0 radical (unpaired) electrons. The van der Waals surface area contributed by atoms with E-state index in [4.69, 9.17) is 0 Å². The number of benzene rings is 2. The van der Waals surface area contributed by atoms with Crippen molar-refractivity contribution >= 4 is 6.08 Å². The molecule has 0 aliphatic heterocycles. The molecule has 0 atom stereocenters. The van der Waals surface area contributed by atoms with Crippen LogP contribution in [0, 0.1) is 0 Å². The van der Waals surface area contributed by atoms with Crippen LogP contribution in [0.1, 0.15) is 37.7 Å². The van der Waals surface area contributed by atoms with Crippen LogP contribution in [0.2, 0.25) is 0 Å². The van der Waals surface area contributed by atoms with Crippen molar-refractivity contribution in [1.29, 1.82) is 0 Å². The Hall–Kier alpha value is -1.82. The predicted molar refractivity (Wildman–Crippen MR) is 82.9 cm³/mol. The highest BCUT2D eigenvalue weighted by atomic mass is 14.1. The maximum absolute atomic E-state index is 2.38. The zero-order chi connectivity index (χ0) is 12.9. The summed E-state index contributed by atoms with van der Waals surface area (Å²) in [7, 11) is 0. The molecule has 0 nitrogen and oxygen atoms in total. The average molecular weight is 248 g/mol. The maximum Gasteiger partial charge on any atom is -0.0184 e. The highest BCUT2D eigenvalue weighted by Crippen LogP contribution is 2.26. The summed E-state index contributed by atoms with van der Waals surface area (Å²) in [4.78, 5) is 0. The molecule has 0 spiro atoms. The van der Waals surface area contributed by atoms with E-state index in [0.717, 1.165) is 0 Å². The predicted octanol–water partition coefficient (Wildman–Crippen LogP) is 5.70. The summed E-state index contributed by atoms with van der Waals surface area (Å²) in [6, 6.07) is 19.5. The van der Waals surface area contributed by atoms with Crippen molar-refractivity contribution in [1.82, 2.24) is 0 Å². The molecule has 0 heterocycles. The molecule has 0 bridgehead atoms. The van der Waals surface area contributed by atoms with Gasteiger partial charge in [-0.2, -0.15) is 0 Å². The van der Waals surface area contributed by atoms with Crippen molar-refractivity contribution in [3.8, 4) is 11.1 Å². The van der Waals surface area contributed by atoms with Gasteiger partial charge in [0, 0.05) is 0 Å². The summed E-state index contributed by atoms with van der Waals surface area (Å²) in [5.74, 6) is 0. The van der Waals surface area contributed by atoms with E-state index in [1.807, 2.05) is 0 Å². The van der Waals surface area contributed by atoms with Gasteiger partial charge in [-0.1, -0.05) is 72.7 Å². The SMILES string of the molecule is C(=C1CCCCC1)c1ccc(-c2ccccc2)cc1. The summed E-state index contributed by atoms with van der Waals surface area (Å²) in [5.41, 5.74) is 5.56. The molecule has 0 heteroatoms. The van der Waals surface area contributed by atoms with Gasteiger partial charge in [-0.25, -0.2) is 0 Å². The van der Waals surface area contributed by atoms with Crippen LogP contribution in [0.5, 0.6) is 0 Å². The zero-order valence-corrected chi connectivity index (χ0v) is 11.3. The van der Waals surface area contributed by atoms with E-state index in [-0.39, 0.29) is 0 Å². The smallest absolute Gasteiger partial charge is 0.0184 e. The standard InChI is InChI=1S/C19H20/c1-3-7-16(8-4-1)15-17-11-13-19(14-12-17)18-9-5-2-6-10-18/h2,5-6,9-15H,1,3-4,7-8H2. The lowest BCUT2D eigenvalue weighted by atomic mass is 9.93. The number of hydrogen-bond donors (Lipinski definition) is 0. The molecule has 19 heavy (non-hydrogen) atoms. The number of rotatable bonds is 2. The summed E-state index contributed by atoms with van der Waals surface area (Å²) in [6.45, 7) is 0. The first kappa shape index (κ1) is 12.2. The molecule has 3 rings (SSSR count). The fourth-order valence-electron chi connectivity index (χ4n) is 2.79. The van der Waals surface area contributed by atoms with Gasteiger partial charge in [-0.15, -0.1) is 0 Å². The van der Waals surface area contributed by atoms with E-state index in [2.05, 4.69) is 60.7 Å². The fourth-order valence-corrected chi connectivity index (χ4v) is 2.79. The second-order valence-electron chi connectivity index (χ2n) is 5.35. The third-order valence-electron chi connectivity index (χ3n) is 3.88. The molecule has 0 amide bonds. The Kier molecular flexibility index (Phi) is 3.78. The van der Waals surface area contributed by atoms with Crippen LogP contribution < -0.4 is 0 Å². The van der Waals surface area contributed by atoms with Gasteiger partial charge in [0.1, 0.15) is 0 Å². The monoisotopic (exact) mass is 248 g/mol. The largest absolute Gasteiger partial charge is 0.0696 e. The van der Waals surface area contributed by atoms with Crippen LogP contribution in [0.3, 0.4) is 0 Å². The average Bonchev–Trinajstić information content (AvgIpc) is 2.50. The Morgan fingerprint density at radius 2 is 1.26 bits per heavy atom. The highest BCUT2D eigenvalue weighted by Gasteiger charge is 2.05. The minimum atomic E-state index is 1.29. The Bertz CT molecular complexity index is 538. The molecule has 1 saturated carbocycles. The van der Waals surface area contributed by atoms with E-state index >= 15 is 0 Å². The van der Waals surface area contributed by atoms with Crippen molar-refractivity contribution in [2.24, 2.45) is 0 Å². The summed E-state index contributed by atoms with van der Waals surface area (Å²) in [6.07, 6.45) is 9.11. The van der Waals surface area contributed by atoms with Crippen LogP contribution in [-0.4, -0.2) is 0 Å². The normalized spacial score (nSPS) is 15.3. The lowest BCUT2D eigenvalue weighted by molar-refractivity contribution is 0.602. The fraction of sp³-hybridized carbons (Fsp3) is 0.263. The van der Waals surface area contributed by atoms with Gasteiger partial charge in [0.05, 0.1) is 0 Å². The first-order chi connectivity index (χ1) is 9.42. The molecule has 0 aromatic heterocycles. The molecule has 1 aliphatic rings. The van der Waals surface area contributed by atoms with Gasteiger partial charge in [0.2, 0.25) is 0 Å².